The van der Waals surface area contributed by atoms with E-state index in [1.54, 1.807) is 4.31 Å². The minimum Gasteiger partial charge on any atom is -0.283 e. The Morgan fingerprint density at radius 2 is 2.44 bits per heavy atom. The van der Waals surface area contributed by atoms with Crippen molar-refractivity contribution in [3.63, 3.8) is 0 Å². The van der Waals surface area contributed by atoms with Gasteiger partial charge in [0.25, 0.3) is 5.91 Å². The highest BCUT2D eigenvalue weighted by Gasteiger charge is 2.03. The molecule has 0 aliphatic rings. The number of hydrogen-bond acceptors (Lipinski definition) is 2. The lowest BCUT2D eigenvalue weighted by atomic mass is 10.6. The molecule has 0 radical (unpaired) electrons. The molecular formula is C6H11NOS. The van der Waals surface area contributed by atoms with Gasteiger partial charge in [-0.15, -0.1) is 0 Å². The van der Waals surface area contributed by atoms with E-state index >= 15 is 0 Å². The van der Waals surface area contributed by atoms with Crippen LogP contribution in [0.15, 0.2) is 12.7 Å². The van der Waals surface area contributed by atoms with Gasteiger partial charge in [0.2, 0.25) is 0 Å². The Labute approximate surface area is 60.1 Å². The van der Waals surface area contributed by atoms with Gasteiger partial charge in [-0.25, -0.2) is 0 Å². The summed E-state index contributed by atoms with van der Waals surface area (Å²) in [6.07, 6.45) is 3.19. The Morgan fingerprint density at radius 1 is 1.89 bits per heavy atom. The van der Waals surface area contributed by atoms with Crippen molar-refractivity contribution in [3.8, 4) is 0 Å². The van der Waals surface area contributed by atoms with E-state index in [-0.39, 0.29) is 5.91 Å². The molecule has 9 heavy (non-hydrogen) atoms. The molecule has 52 valence electrons. The molecule has 0 fully saturated rings. The minimum absolute atomic E-state index is 0.0231. The second kappa shape index (κ2) is 4.44. The predicted octanol–water partition coefficient (Wildman–Crippen LogP) is 1.30. The largest absolute Gasteiger partial charge is 0.283 e. The Hall–Kier alpha value is -0.440. The zero-order chi connectivity index (χ0) is 7.28. The summed E-state index contributed by atoms with van der Waals surface area (Å²) < 4.78 is 1.63. The fraction of sp³-hybridized carbons (Fsp3) is 0.500. The van der Waals surface area contributed by atoms with E-state index in [4.69, 9.17) is 0 Å². The third-order valence-corrected chi connectivity index (χ3v) is 1.81. The van der Waals surface area contributed by atoms with Crippen molar-refractivity contribution >= 4 is 17.9 Å². The molecule has 0 spiro atoms. The van der Waals surface area contributed by atoms with E-state index in [9.17, 15) is 4.79 Å². The summed E-state index contributed by atoms with van der Waals surface area (Å²) in [5.41, 5.74) is 0. The lowest BCUT2D eigenvalue weighted by Crippen LogP contribution is -2.20. The molecule has 0 aliphatic heterocycles. The van der Waals surface area contributed by atoms with Gasteiger partial charge >= 0.3 is 0 Å². The van der Waals surface area contributed by atoms with Crippen molar-refractivity contribution < 1.29 is 4.79 Å². The Morgan fingerprint density at radius 3 is 2.56 bits per heavy atom. The van der Waals surface area contributed by atoms with E-state index in [0.717, 1.165) is 6.54 Å². The van der Waals surface area contributed by atoms with Crippen LogP contribution >= 0.6 is 11.9 Å². The van der Waals surface area contributed by atoms with Crippen LogP contribution in [-0.2, 0) is 4.79 Å². The topological polar surface area (TPSA) is 20.3 Å². The summed E-state index contributed by atoms with van der Waals surface area (Å²) in [6, 6.07) is 0. The van der Waals surface area contributed by atoms with Gasteiger partial charge < -0.3 is 0 Å². The first-order chi connectivity index (χ1) is 4.26. The van der Waals surface area contributed by atoms with Crippen molar-refractivity contribution in [2.24, 2.45) is 0 Å². The number of carbonyl (C=O) groups is 1. The Balaban J connectivity index is 3.78. The average Bonchev–Trinajstić information content (AvgIpc) is 1.90. The molecule has 0 bridgehead atoms. The van der Waals surface area contributed by atoms with Gasteiger partial charge in [0, 0.05) is 12.8 Å². The Bertz CT molecular complexity index is 110. The van der Waals surface area contributed by atoms with Crippen molar-refractivity contribution in [2.45, 2.75) is 6.92 Å². The Kier molecular flexibility index (Phi) is 4.22. The summed E-state index contributed by atoms with van der Waals surface area (Å²) in [7, 11) is 0. The normalized spacial score (nSPS) is 8.67. The van der Waals surface area contributed by atoms with Crippen molar-refractivity contribution in [1.29, 1.82) is 0 Å². The maximum absolute atomic E-state index is 10.8. The van der Waals surface area contributed by atoms with Crippen molar-refractivity contribution in [1.82, 2.24) is 4.31 Å². The first-order valence-corrected chi connectivity index (χ1v) is 3.92. The zero-order valence-electron chi connectivity index (χ0n) is 5.76. The number of carbonyl (C=O) groups excluding carboxylic acids is 1. The molecule has 0 heterocycles. The molecule has 0 saturated heterocycles. The highest BCUT2D eigenvalue weighted by Crippen LogP contribution is 2.03. The SMILES string of the molecule is C=CC(=O)N(CC)SC. The van der Waals surface area contributed by atoms with Crippen LogP contribution in [0.25, 0.3) is 0 Å². The fourth-order valence-electron chi connectivity index (χ4n) is 0.477. The van der Waals surface area contributed by atoms with Crippen molar-refractivity contribution in [2.75, 3.05) is 12.8 Å². The van der Waals surface area contributed by atoms with Gasteiger partial charge in [0.05, 0.1) is 0 Å². The second-order valence-electron chi connectivity index (χ2n) is 1.42. The highest BCUT2D eigenvalue weighted by atomic mass is 32.2. The molecule has 3 heteroatoms. The van der Waals surface area contributed by atoms with Crippen LogP contribution in [0.2, 0.25) is 0 Å². The van der Waals surface area contributed by atoms with Crippen LogP contribution in [0.4, 0.5) is 0 Å². The molecule has 2 nitrogen and oxygen atoms in total. The number of likely N-dealkylation sites (N-methyl/N-ethyl adjacent to an activating group) is 1. The number of amides is 1. The third-order valence-electron chi connectivity index (χ3n) is 0.928. The maximum atomic E-state index is 10.8. The lowest BCUT2D eigenvalue weighted by molar-refractivity contribution is -0.121. The van der Waals surface area contributed by atoms with Crippen molar-refractivity contribution in [3.05, 3.63) is 12.7 Å². The second-order valence-corrected chi connectivity index (χ2v) is 2.23. The maximum Gasteiger partial charge on any atom is 0.255 e. The van der Waals surface area contributed by atoms with E-state index < -0.39 is 0 Å². The van der Waals surface area contributed by atoms with Gasteiger partial charge in [0.1, 0.15) is 0 Å². The van der Waals surface area contributed by atoms with E-state index in [0.29, 0.717) is 0 Å². The van der Waals surface area contributed by atoms with Crippen LogP contribution in [0, 0.1) is 0 Å². The van der Waals surface area contributed by atoms with Crippen LogP contribution in [0.5, 0.6) is 0 Å². The third kappa shape index (κ3) is 2.56. The van der Waals surface area contributed by atoms with Gasteiger partial charge in [-0.2, -0.15) is 0 Å². The van der Waals surface area contributed by atoms with E-state index in [2.05, 4.69) is 6.58 Å². The number of hydrogen-bond donors (Lipinski definition) is 0. The molecule has 0 unspecified atom stereocenters. The quantitative estimate of drug-likeness (QED) is 0.440. The predicted molar refractivity (Wildman–Crippen MR) is 41.1 cm³/mol. The number of nitrogens with zero attached hydrogens (tertiary/aromatic N) is 1. The summed E-state index contributed by atoms with van der Waals surface area (Å²) in [5.74, 6) is -0.0231. The molecule has 0 N–H and O–H groups in total. The van der Waals surface area contributed by atoms with E-state index in [1.165, 1.54) is 18.0 Å². The smallest absolute Gasteiger partial charge is 0.255 e. The first kappa shape index (κ1) is 8.56. The van der Waals surface area contributed by atoms with Gasteiger partial charge in [0.15, 0.2) is 0 Å². The molecule has 0 aliphatic carbocycles. The van der Waals surface area contributed by atoms with Crippen LogP contribution in [-0.4, -0.2) is 23.0 Å². The zero-order valence-corrected chi connectivity index (χ0v) is 6.57. The molecule has 0 aromatic rings. The van der Waals surface area contributed by atoms with Crippen LogP contribution in [0.1, 0.15) is 6.92 Å². The van der Waals surface area contributed by atoms with Crippen LogP contribution in [0.3, 0.4) is 0 Å². The minimum atomic E-state index is -0.0231. The average molecular weight is 145 g/mol. The van der Waals surface area contributed by atoms with Gasteiger partial charge in [-0.05, 0) is 13.0 Å². The number of rotatable bonds is 3. The summed E-state index contributed by atoms with van der Waals surface area (Å²) in [4.78, 5) is 10.8. The summed E-state index contributed by atoms with van der Waals surface area (Å²) in [5, 5.41) is 0. The standard InChI is InChI=1S/C6H11NOS/c1-4-6(8)7(5-2)9-3/h4H,1,5H2,2-3H3. The van der Waals surface area contributed by atoms with E-state index in [1.807, 2.05) is 13.2 Å². The highest BCUT2D eigenvalue weighted by molar-refractivity contribution is 7.96. The van der Waals surface area contributed by atoms with Gasteiger partial charge in [-0.3, -0.25) is 9.10 Å². The summed E-state index contributed by atoms with van der Waals surface area (Å²) in [6.45, 7) is 6.03. The molecule has 0 rings (SSSR count). The van der Waals surface area contributed by atoms with Gasteiger partial charge in [-0.1, -0.05) is 18.5 Å². The molecule has 0 aromatic carbocycles. The fourth-order valence-corrected chi connectivity index (χ4v) is 0.989. The lowest BCUT2D eigenvalue weighted by Gasteiger charge is -2.13. The monoisotopic (exact) mass is 145 g/mol. The molecule has 0 saturated carbocycles. The molecule has 0 aromatic heterocycles. The molecule has 0 atom stereocenters. The first-order valence-electron chi connectivity index (χ1n) is 2.74. The summed E-state index contributed by atoms with van der Waals surface area (Å²) >= 11 is 1.42. The van der Waals surface area contributed by atoms with Crippen LogP contribution < -0.4 is 0 Å². The molecular weight excluding hydrogens is 134 g/mol. The molecule has 1 amide bonds.